The maximum Gasteiger partial charge on any atom is 0.419 e. The lowest BCUT2D eigenvalue weighted by Gasteiger charge is -2.13. The standard InChI is InChI=1S/C11H13F3O2/c1-15-7-4-8-16-10-6-3-2-5-9(10)11(12,13)14/h2-3,5-6H,4,7-8H2,1H3. The highest BCUT2D eigenvalue weighted by atomic mass is 19.4. The number of benzene rings is 1. The van der Waals surface area contributed by atoms with E-state index in [-0.39, 0.29) is 12.4 Å². The molecule has 90 valence electrons. The zero-order valence-electron chi connectivity index (χ0n) is 8.88. The van der Waals surface area contributed by atoms with Crippen LogP contribution in [0.25, 0.3) is 0 Å². The van der Waals surface area contributed by atoms with E-state index >= 15 is 0 Å². The molecule has 0 N–H and O–H groups in total. The second-order valence-electron chi connectivity index (χ2n) is 3.19. The Balaban J connectivity index is 2.65. The van der Waals surface area contributed by atoms with E-state index in [0.717, 1.165) is 6.07 Å². The first kappa shape index (κ1) is 12.8. The second kappa shape index (κ2) is 5.75. The molecule has 1 rings (SSSR count). The fourth-order valence-corrected chi connectivity index (χ4v) is 1.21. The molecule has 0 aliphatic rings. The molecule has 16 heavy (non-hydrogen) atoms. The van der Waals surface area contributed by atoms with Gasteiger partial charge in [-0.25, -0.2) is 0 Å². The van der Waals surface area contributed by atoms with E-state index in [2.05, 4.69) is 0 Å². The highest BCUT2D eigenvalue weighted by Crippen LogP contribution is 2.35. The quantitative estimate of drug-likeness (QED) is 0.729. The molecule has 0 spiro atoms. The van der Waals surface area contributed by atoms with Gasteiger partial charge < -0.3 is 9.47 Å². The number of rotatable bonds is 5. The van der Waals surface area contributed by atoms with Crippen molar-refractivity contribution < 1.29 is 22.6 Å². The third-order valence-corrected chi connectivity index (χ3v) is 1.94. The molecule has 0 radical (unpaired) electrons. The molecule has 0 heterocycles. The first-order chi connectivity index (χ1) is 7.55. The predicted octanol–water partition coefficient (Wildman–Crippen LogP) is 3.12. The zero-order chi connectivity index (χ0) is 12.0. The van der Waals surface area contributed by atoms with Gasteiger partial charge in [-0.1, -0.05) is 12.1 Å². The number of methoxy groups -OCH3 is 1. The average Bonchev–Trinajstić information content (AvgIpc) is 2.24. The van der Waals surface area contributed by atoms with Gasteiger partial charge in [-0.3, -0.25) is 0 Å². The Kier molecular flexibility index (Phi) is 4.61. The van der Waals surface area contributed by atoms with Crippen LogP contribution in [0.2, 0.25) is 0 Å². The summed E-state index contributed by atoms with van der Waals surface area (Å²) in [4.78, 5) is 0. The molecule has 0 aliphatic carbocycles. The fourth-order valence-electron chi connectivity index (χ4n) is 1.21. The summed E-state index contributed by atoms with van der Waals surface area (Å²) < 4.78 is 47.4. The average molecular weight is 234 g/mol. The number of para-hydroxylation sites is 1. The molecule has 1 aromatic carbocycles. The molecular weight excluding hydrogens is 221 g/mol. The summed E-state index contributed by atoms with van der Waals surface area (Å²) in [6.45, 7) is 0.676. The van der Waals surface area contributed by atoms with Gasteiger partial charge in [0.1, 0.15) is 5.75 Å². The monoisotopic (exact) mass is 234 g/mol. The van der Waals surface area contributed by atoms with Gasteiger partial charge in [0.2, 0.25) is 0 Å². The van der Waals surface area contributed by atoms with E-state index < -0.39 is 11.7 Å². The Hall–Kier alpha value is -1.23. The molecule has 0 amide bonds. The van der Waals surface area contributed by atoms with E-state index in [1.165, 1.54) is 25.3 Å². The van der Waals surface area contributed by atoms with Crippen LogP contribution in [0.4, 0.5) is 13.2 Å². The summed E-state index contributed by atoms with van der Waals surface area (Å²) in [7, 11) is 1.53. The van der Waals surface area contributed by atoms with Gasteiger partial charge in [0.15, 0.2) is 0 Å². The largest absolute Gasteiger partial charge is 0.493 e. The molecule has 0 saturated carbocycles. The summed E-state index contributed by atoms with van der Waals surface area (Å²) in [6, 6.07) is 5.17. The van der Waals surface area contributed by atoms with Crippen molar-refractivity contribution in [3.63, 3.8) is 0 Å². The molecule has 2 nitrogen and oxygen atoms in total. The molecule has 0 aromatic heterocycles. The van der Waals surface area contributed by atoms with Crippen LogP contribution in [0.3, 0.4) is 0 Å². The van der Waals surface area contributed by atoms with E-state index in [4.69, 9.17) is 9.47 Å². The number of hydrogen-bond acceptors (Lipinski definition) is 2. The Morgan fingerprint density at radius 1 is 1.12 bits per heavy atom. The summed E-state index contributed by atoms with van der Waals surface area (Å²) >= 11 is 0. The first-order valence-corrected chi connectivity index (χ1v) is 4.83. The highest BCUT2D eigenvalue weighted by Gasteiger charge is 2.33. The van der Waals surface area contributed by atoms with E-state index in [0.29, 0.717) is 13.0 Å². The number of ether oxygens (including phenoxy) is 2. The van der Waals surface area contributed by atoms with Crippen molar-refractivity contribution in [3.05, 3.63) is 29.8 Å². The van der Waals surface area contributed by atoms with Crippen molar-refractivity contribution in [1.29, 1.82) is 0 Å². The molecular formula is C11H13F3O2. The van der Waals surface area contributed by atoms with Crippen molar-refractivity contribution in [3.8, 4) is 5.75 Å². The van der Waals surface area contributed by atoms with Crippen molar-refractivity contribution in [1.82, 2.24) is 0 Å². The maximum atomic E-state index is 12.5. The molecule has 1 aromatic rings. The summed E-state index contributed by atoms with van der Waals surface area (Å²) in [5.41, 5.74) is -0.743. The minimum Gasteiger partial charge on any atom is -0.493 e. The van der Waals surface area contributed by atoms with Crippen LogP contribution < -0.4 is 4.74 Å². The predicted molar refractivity (Wildman–Crippen MR) is 53.4 cm³/mol. The third-order valence-electron chi connectivity index (χ3n) is 1.94. The SMILES string of the molecule is COCCCOc1ccccc1C(F)(F)F. The number of alkyl halides is 3. The molecule has 0 unspecified atom stereocenters. The van der Waals surface area contributed by atoms with Gasteiger partial charge in [-0.15, -0.1) is 0 Å². The van der Waals surface area contributed by atoms with Gasteiger partial charge in [-0.05, 0) is 12.1 Å². The van der Waals surface area contributed by atoms with Crippen molar-refractivity contribution in [2.75, 3.05) is 20.3 Å². The minimum atomic E-state index is -4.38. The van der Waals surface area contributed by atoms with Crippen LogP contribution >= 0.6 is 0 Å². The first-order valence-electron chi connectivity index (χ1n) is 4.83. The van der Waals surface area contributed by atoms with E-state index in [1.807, 2.05) is 0 Å². The molecule has 5 heteroatoms. The van der Waals surface area contributed by atoms with Gasteiger partial charge >= 0.3 is 6.18 Å². The molecule has 0 fully saturated rings. The minimum absolute atomic E-state index is 0.133. The lowest BCUT2D eigenvalue weighted by molar-refractivity contribution is -0.139. The smallest absolute Gasteiger partial charge is 0.419 e. The van der Waals surface area contributed by atoms with Crippen molar-refractivity contribution >= 4 is 0 Å². The topological polar surface area (TPSA) is 18.5 Å². The van der Waals surface area contributed by atoms with Gasteiger partial charge in [0.25, 0.3) is 0 Å². The summed E-state index contributed by atoms with van der Waals surface area (Å²) in [5, 5.41) is 0. The Bertz CT molecular complexity index is 323. The molecule has 0 bridgehead atoms. The van der Waals surface area contributed by atoms with Crippen LogP contribution in [0.15, 0.2) is 24.3 Å². The van der Waals surface area contributed by atoms with Gasteiger partial charge in [0.05, 0.1) is 12.2 Å². The van der Waals surface area contributed by atoms with Crippen LogP contribution in [0, 0.1) is 0 Å². The maximum absolute atomic E-state index is 12.5. The Morgan fingerprint density at radius 2 is 1.81 bits per heavy atom. The highest BCUT2D eigenvalue weighted by molar-refractivity contribution is 5.35. The van der Waals surface area contributed by atoms with Gasteiger partial charge in [0, 0.05) is 20.1 Å². The fraction of sp³-hybridized carbons (Fsp3) is 0.455. The lowest BCUT2D eigenvalue weighted by atomic mass is 10.2. The van der Waals surface area contributed by atoms with Crippen LogP contribution in [0.5, 0.6) is 5.75 Å². The molecule has 0 atom stereocenters. The number of halogens is 3. The molecule has 0 aliphatic heterocycles. The van der Waals surface area contributed by atoms with Crippen LogP contribution in [-0.4, -0.2) is 20.3 Å². The Labute approximate surface area is 92.0 Å². The third kappa shape index (κ3) is 3.73. The zero-order valence-corrected chi connectivity index (χ0v) is 8.88. The van der Waals surface area contributed by atoms with E-state index in [1.54, 1.807) is 0 Å². The second-order valence-corrected chi connectivity index (χ2v) is 3.19. The lowest BCUT2D eigenvalue weighted by Crippen LogP contribution is -2.09. The normalized spacial score (nSPS) is 11.5. The summed E-state index contributed by atoms with van der Waals surface area (Å²) in [5.74, 6) is -0.133. The summed E-state index contributed by atoms with van der Waals surface area (Å²) in [6.07, 6.45) is -3.82. The van der Waals surface area contributed by atoms with Crippen LogP contribution in [-0.2, 0) is 10.9 Å². The van der Waals surface area contributed by atoms with Crippen molar-refractivity contribution in [2.24, 2.45) is 0 Å². The molecule has 0 saturated heterocycles. The Morgan fingerprint density at radius 3 is 2.44 bits per heavy atom. The van der Waals surface area contributed by atoms with Gasteiger partial charge in [-0.2, -0.15) is 13.2 Å². The number of hydrogen-bond donors (Lipinski definition) is 0. The van der Waals surface area contributed by atoms with E-state index in [9.17, 15) is 13.2 Å². The van der Waals surface area contributed by atoms with Crippen LogP contribution in [0.1, 0.15) is 12.0 Å². The van der Waals surface area contributed by atoms with Crippen molar-refractivity contribution in [2.45, 2.75) is 12.6 Å².